The van der Waals surface area contributed by atoms with E-state index in [1.165, 1.54) is 0 Å². The molecule has 0 aromatic heterocycles. The monoisotopic (exact) mass is 252 g/mol. The van der Waals surface area contributed by atoms with E-state index in [0.29, 0.717) is 12.2 Å². The zero-order valence-corrected chi connectivity index (χ0v) is 10.6. The average Bonchev–Trinajstić information content (AvgIpc) is 3.26. The number of hydrogen-bond donors (Lipinski definition) is 1. The van der Waals surface area contributed by atoms with Gasteiger partial charge in [0.2, 0.25) is 0 Å². The van der Waals surface area contributed by atoms with Crippen molar-refractivity contribution in [2.45, 2.75) is 25.2 Å². The number of ether oxygens (including phenoxy) is 3. The maximum absolute atomic E-state index is 9.02. The number of epoxide rings is 2. The highest BCUT2D eigenvalue weighted by Gasteiger charge is 2.26. The van der Waals surface area contributed by atoms with Crippen molar-refractivity contribution in [3.05, 3.63) is 35.9 Å². The largest absolute Gasteiger partial charge is 0.389 e. The first-order valence-electron chi connectivity index (χ1n) is 6.29. The second kappa shape index (κ2) is 6.85. The van der Waals surface area contributed by atoms with Crippen LogP contribution in [0.5, 0.6) is 0 Å². The third-order valence-electron chi connectivity index (χ3n) is 2.69. The molecule has 2 saturated heterocycles. The summed E-state index contributed by atoms with van der Waals surface area (Å²) in [5.41, 5.74) is 0.970. The number of benzene rings is 1. The van der Waals surface area contributed by atoms with Crippen LogP contribution in [0.2, 0.25) is 0 Å². The number of hydrogen-bond acceptors (Lipinski definition) is 4. The summed E-state index contributed by atoms with van der Waals surface area (Å²) in [7, 11) is 0. The Morgan fingerprint density at radius 2 is 1.67 bits per heavy atom. The maximum atomic E-state index is 9.02. The summed E-state index contributed by atoms with van der Waals surface area (Å²) >= 11 is 0. The first-order chi connectivity index (χ1) is 8.75. The quantitative estimate of drug-likeness (QED) is 0.808. The number of aliphatic hydroxyl groups excluding tert-OH is 1. The molecule has 0 aliphatic carbocycles. The Balaban J connectivity index is 0.000000134. The van der Waals surface area contributed by atoms with Crippen molar-refractivity contribution in [1.29, 1.82) is 0 Å². The Bertz CT molecular complexity index is 319. The van der Waals surface area contributed by atoms with Gasteiger partial charge < -0.3 is 19.3 Å². The molecule has 18 heavy (non-hydrogen) atoms. The molecule has 3 atom stereocenters. The molecule has 0 amide bonds. The summed E-state index contributed by atoms with van der Waals surface area (Å²) in [5.74, 6) is 0. The Morgan fingerprint density at radius 1 is 1.17 bits per heavy atom. The van der Waals surface area contributed by atoms with E-state index in [9.17, 15) is 0 Å². The second-order valence-corrected chi connectivity index (χ2v) is 4.53. The van der Waals surface area contributed by atoms with Gasteiger partial charge in [-0.25, -0.2) is 0 Å². The lowest BCUT2D eigenvalue weighted by atomic mass is 10.1. The molecule has 2 fully saturated rings. The van der Waals surface area contributed by atoms with Gasteiger partial charge in [0.25, 0.3) is 0 Å². The van der Waals surface area contributed by atoms with Crippen molar-refractivity contribution in [2.24, 2.45) is 0 Å². The lowest BCUT2D eigenvalue weighted by Crippen LogP contribution is -2.06. The van der Waals surface area contributed by atoms with E-state index in [2.05, 4.69) is 0 Å². The van der Waals surface area contributed by atoms with E-state index in [0.717, 1.165) is 32.0 Å². The fourth-order valence-electron chi connectivity index (χ4n) is 1.39. The molecule has 0 spiro atoms. The van der Waals surface area contributed by atoms with Gasteiger partial charge in [0.05, 0.1) is 32.5 Å². The van der Waals surface area contributed by atoms with Gasteiger partial charge in [0.1, 0.15) is 12.2 Å². The highest BCUT2D eigenvalue weighted by Crippen LogP contribution is 2.12. The first-order valence-corrected chi connectivity index (χ1v) is 6.29. The van der Waals surface area contributed by atoms with Crippen molar-refractivity contribution >= 4 is 0 Å². The van der Waals surface area contributed by atoms with Gasteiger partial charge in [-0.3, -0.25) is 0 Å². The van der Waals surface area contributed by atoms with Gasteiger partial charge in [0.15, 0.2) is 0 Å². The van der Waals surface area contributed by atoms with E-state index in [4.69, 9.17) is 19.3 Å². The molecule has 1 aromatic rings. The fraction of sp³-hybridized carbons (Fsp3) is 0.571. The minimum atomic E-state index is -0.341. The predicted octanol–water partition coefficient (Wildman–Crippen LogP) is 1.54. The zero-order chi connectivity index (χ0) is 12.8. The van der Waals surface area contributed by atoms with E-state index >= 15 is 0 Å². The minimum Gasteiger partial charge on any atom is -0.389 e. The van der Waals surface area contributed by atoms with Crippen molar-refractivity contribution in [3.63, 3.8) is 0 Å². The average molecular weight is 252 g/mol. The lowest BCUT2D eigenvalue weighted by Gasteiger charge is -2.00. The summed E-state index contributed by atoms with van der Waals surface area (Å²) < 4.78 is 15.1. The van der Waals surface area contributed by atoms with Crippen LogP contribution in [0.3, 0.4) is 0 Å². The second-order valence-electron chi connectivity index (χ2n) is 4.53. The van der Waals surface area contributed by atoms with Crippen LogP contribution < -0.4 is 0 Å². The van der Waals surface area contributed by atoms with Crippen LogP contribution in [-0.2, 0) is 14.2 Å². The molecular formula is C14H20O4. The number of rotatable bonds is 5. The van der Waals surface area contributed by atoms with Crippen LogP contribution in [-0.4, -0.2) is 43.7 Å². The molecule has 0 bridgehead atoms. The fourth-order valence-corrected chi connectivity index (χ4v) is 1.39. The van der Waals surface area contributed by atoms with Crippen LogP contribution in [0, 0.1) is 0 Å². The highest BCUT2D eigenvalue weighted by atomic mass is 16.6. The lowest BCUT2D eigenvalue weighted by molar-refractivity contribution is 0.102. The molecule has 1 aromatic carbocycles. The third-order valence-corrected chi connectivity index (χ3v) is 2.69. The van der Waals surface area contributed by atoms with E-state index < -0.39 is 0 Å². The summed E-state index contributed by atoms with van der Waals surface area (Å²) in [6.07, 6.45) is 0.443. The molecule has 4 nitrogen and oxygen atoms in total. The topological polar surface area (TPSA) is 54.5 Å². The van der Waals surface area contributed by atoms with Crippen LogP contribution in [0.4, 0.5) is 0 Å². The molecule has 3 unspecified atom stereocenters. The predicted molar refractivity (Wildman–Crippen MR) is 67.4 cm³/mol. The smallest absolute Gasteiger partial charge is 0.104 e. The highest BCUT2D eigenvalue weighted by molar-refractivity contribution is 5.16. The van der Waals surface area contributed by atoms with E-state index in [-0.39, 0.29) is 6.10 Å². The van der Waals surface area contributed by atoms with Crippen molar-refractivity contribution < 1.29 is 19.3 Å². The summed E-state index contributed by atoms with van der Waals surface area (Å²) in [5, 5.41) is 9.02. The normalized spacial score (nSPS) is 25.9. The molecule has 2 heterocycles. The molecule has 1 N–H and O–H groups in total. The van der Waals surface area contributed by atoms with Gasteiger partial charge in [0, 0.05) is 0 Å². The molecule has 2 aliphatic rings. The van der Waals surface area contributed by atoms with Crippen molar-refractivity contribution in [1.82, 2.24) is 0 Å². The summed E-state index contributed by atoms with van der Waals surface area (Å²) in [6, 6.07) is 9.59. The third kappa shape index (κ3) is 5.60. The Kier molecular flexibility index (Phi) is 5.13. The molecule has 0 radical (unpaired) electrons. The van der Waals surface area contributed by atoms with E-state index in [1.54, 1.807) is 6.92 Å². The summed E-state index contributed by atoms with van der Waals surface area (Å²) in [4.78, 5) is 0. The van der Waals surface area contributed by atoms with Crippen LogP contribution in [0.15, 0.2) is 30.3 Å². The van der Waals surface area contributed by atoms with Crippen LogP contribution in [0.25, 0.3) is 0 Å². The molecule has 3 rings (SSSR count). The zero-order valence-electron chi connectivity index (χ0n) is 10.6. The molecule has 100 valence electrons. The van der Waals surface area contributed by atoms with Gasteiger partial charge >= 0.3 is 0 Å². The number of aliphatic hydroxyl groups is 1. The maximum Gasteiger partial charge on any atom is 0.104 e. The van der Waals surface area contributed by atoms with Gasteiger partial charge in [-0.1, -0.05) is 30.3 Å². The van der Waals surface area contributed by atoms with Gasteiger partial charge in [-0.15, -0.1) is 0 Å². The summed E-state index contributed by atoms with van der Waals surface area (Å²) in [6.45, 7) is 5.02. The van der Waals surface area contributed by atoms with Crippen molar-refractivity contribution in [3.8, 4) is 0 Å². The first kappa shape index (κ1) is 13.5. The Labute approximate surface area is 107 Å². The molecular weight excluding hydrogens is 232 g/mol. The van der Waals surface area contributed by atoms with Crippen LogP contribution in [0.1, 0.15) is 18.6 Å². The SMILES string of the molecule is C(OCC1CO1)C1CO1.CC(O)c1ccccc1. The minimum absolute atomic E-state index is 0.341. The van der Waals surface area contributed by atoms with Crippen molar-refractivity contribution in [2.75, 3.05) is 26.4 Å². The Morgan fingerprint density at radius 3 is 2.00 bits per heavy atom. The van der Waals surface area contributed by atoms with Crippen LogP contribution >= 0.6 is 0 Å². The van der Waals surface area contributed by atoms with Gasteiger partial charge in [-0.05, 0) is 12.5 Å². The van der Waals surface area contributed by atoms with Gasteiger partial charge in [-0.2, -0.15) is 0 Å². The van der Waals surface area contributed by atoms with E-state index in [1.807, 2.05) is 30.3 Å². The molecule has 0 saturated carbocycles. The standard InChI is InChI=1S/C8H10O.C6H10O3/c1-7(9)8-5-3-2-4-6-8;1(5-3-8-5)7-2-6-4-9-6/h2-7,9H,1H3;5-6H,1-4H2. The molecule has 2 aliphatic heterocycles. The molecule has 4 heteroatoms. The Hall–Kier alpha value is -0.940.